The Hall–Kier alpha value is -4.00. The molecular formula is C39H58N4O9. The van der Waals surface area contributed by atoms with Crippen LogP contribution < -0.4 is 20.7 Å². The molecule has 1 aromatic rings. The number of nitrogens with zero attached hydrogens (tertiary/aromatic N) is 1. The number of amides is 4. The van der Waals surface area contributed by atoms with Gasteiger partial charge in [-0.05, 0) is 77.5 Å². The van der Waals surface area contributed by atoms with Crippen molar-refractivity contribution in [2.75, 3.05) is 19.7 Å². The maximum Gasteiger partial charge on any atom is 0.308 e. The Morgan fingerprint density at radius 3 is 2.52 bits per heavy atom. The number of carbonyl (C=O) groups is 6. The van der Waals surface area contributed by atoms with Crippen LogP contribution in [0.25, 0.3) is 0 Å². The quantitative estimate of drug-likeness (QED) is 0.241. The number of Topliss-reactive ketones (excluding diaryl/α,β-unsaturated/α-hetero) is 1. The fraction of sp³-hybridized carbons (Fsp3) is 0.692. The number of esters is 1. The molecule has 0 radical (unpaired) electrons. The van der Waals surface area contributed by atoms with E-state index in [1.807, 2.05) is 45.0 Å². The highest BCUT2D eigenvalue weighted by Crippen LogP contribution is 2.32. The molecule has 4 rings (SSSR count). The zero-order valence-corrected chi connectivity index (χ0v) is 31.7. The highest BCUT2D eigenvalue weighted by molar-refractivity contribution is 6.38. The Morgan fingerprint density at radius 1 is 1.10 bits per heavy atom. The number of nitrogens with one attached hydrogen (secondary N) is 3. The van der Waals surface area contributed by atoms with Crippen LogP contribution in [0.15, 0.2) is 24.3 Å². The van der Waals surface area contributed by atoms with Crippen LogP contribution in [0.5, 0.6) is 5.75 Å². The maximum atomic E-state index is 14.6. The first-order valence-corrected chi connectivity index (χ1v) is 18.9. The van der Waals surface area contributed by atoms with Crippen LogP contribution in [0.1, 0.15) is 111 Å². The van der Waals surface area contributed by atoms with Crippen molar-refractivity contribution in [1.82, 2.24) is 20.9 Å². The first-order chi connectivity index (χ1) is 24.5. The van der Waals surface area contributed by atoms with E-state index in [9.17, 15) is 28.8 Å². The van der Waals surface area contributed by atoms with Gasteiger partial charge in [-0.3, -0.25) is 28.8 Å². The molecule has 3 N–H and O–H groups in total. The van der Waals surface area contributed by atoms with Crippen molar-refractivity contribution in [3.05, 3.63) is 29.8 Å². The van der Waals surface area contributed by atoms with E-state index in [0.717, 1.165) is 37.7 Å². The molecule has 3 aliphatic rings. The summed E-state index contributed by atoms with van der Waals surface area (Å²) in [7, 11) is 0. The van der Waals surface area contributed by atoms with E-state index in [1.54, 1.807) is 20.8 Å². The summed E-state index contributed by atoms with van der Waals surface area (Å²) >= 11 is 0. The number of ether oxygens (including phenoxy) is 3. The molecule has 13 heteroatoms. The zero-order valence-electron chi connectivity index (χ0n) is 31.7. The topological polar surface area (TPSA) is 169 Å². The monoisotopic (exact) mass is 726 g/mol. The molecule has 1 saturated heterocycles. The third-order valence-corrected chi connectivity index (χ3v) is 9.74. The third-order valence-electron chi connectivity index (χ3n) is 9.74. The molecule has 13 nitrogen and oxygen atoms in total. The largest absolute Gasteiger partial charge is 0.493 e. The molecule has 4 amide bonds. The van der Waals surface area contributed by atoms with Gasteiger partial charge < -0.3 is 35.1 Å². The Labute approximate surface area is 307 Å². The standard InChI is InChI=1S/C39H58N4O9/c1-7-12-29(34(46)36(48)40-19-17-32(45)52-38(2,3)4)41-35(47)30-23-28-24-43(30)37(49)33(26-14-9-8-10-15-26)42-31(44)22-25-13-11-16-27(21-25)50-20-18-39(5,6)51-28/h11,13,16,21,26,28-30,33H,7-10,12,14-15,17-20,22-24H2,1-6H3,(H,40,48)(H,41,47)(H,42,44)/t28-,29?,30?,33+/m1/s1. The molecule has 1 saturated carbocycles. The molecule has 2 fully saturated rings. The highest BCUT2D eigenvalue weighted by Gasteiger charge is 2.46. The summed E-state index contributed by atoms with van der Waals surface area (Å²) in [6.07, 6.45) is 5.30. The van der Waals surface area contributed by atoms with Gasteiger partial charge in [0.2, 0.25) is 23.5 Å². The molecular weight excluding hydrogens is 668 g/mol. The third kappa shape index (κ3) is 12.0. The van der Waals surface area contributed by atoms with Gasteiger partial charge in [-0.25, -0.2) is 0 Å². The molecule has 0 spiro atoms. The van der Waals surface area contributed by atoms with E-state index >= 15 is 0 Å². The van der Waals surface area contributed by atoms with Crippen molar-refractivity contribution in [3.8, 4) is 5.75 Å². The normalized spacial score (nSPS) is 23.5. The minimum Gasteiger partial charge on any atom is -0.493 e. The molecule has 2 heterocycles. The van der Waals surface area contributed by atoms with Crippen LogP contribution >= 0.6 is 0 Å². The van der Waals surface area contributed by atoms with E-state index in [2.05, 4.69) is 16.0 Å². The summed E-state index contributed by atoms with van der Waals surface area (Å²) < 4.78 is 17.8. The Balaban J connectivity index is 1.55. The average molecular weight is 727 g/mol. The number of hydrogen-bond acceptors (Lipinski definition) is 9. The fourth-order valence-corrected chi connectivity index (χ4v) is 7.22. The molecule has 4 bridgehead atoms. The molecule has 52 heavy (non-hydrogen) atoms. The first kappa shape index (κ1) is 40.8. The lowest BCUT2D eigenvalue weighted by Gasteiger charge is -2.35. The van der Waals surface area contributed by atoms with E-state index < -0.39 is 59.0 Å². The number of carbonyl (C=O) groups excluding carboxylic acids is 6. The van der Waals surface area contributed by atoms with Crippen molar-refractivity contribution >= 4 is 35.4 Å². The first-order valence-electron chi connectivity index (χ1n) is 18.9. The predicted octanol–water partition coefficient (Wildman–Crippen LogP) is 3.54. The van der Waals surface area contributed by atoms with E-state index in [0.29, 0.717) is 25.2 Å². The van der Waals surface area contributed by atoms with Crippen molar-refractivity contribution in [3.63, 3.8) is 0 Å². The maximum absolute atomic E-state index is 14.6. The molecule has 288 valence electrons. The van der Waals surface area contributed by atoms with E-state index in [-0.39, 0.29) is 56.5 Å². The lowest BCUT2D eigenvalue weighted by atomic mass is 9.83. The molecule has 1 aliphatic carbocycles. The van der Waals surface area contributed by atoms with Crippen molar-refractivity contribution in [1.29, 1.82) is 0 Å². The predicted molar refractivity (Wildman–Crippen MR) is 193 cm³/mol. The second-order valence-electron chi connectivity index (χ2n) is 15.9. The van der Waals surface area contributed by atoms with Gasteiger partial charge in [0.15, 0.2) is 0 Å². The highest BCUT2D eigenvalue weighted by atomic mass is 16.6. The van der Waals surface area contributed by atoms with Gasteiger partial charge in [0.1, 0.15) is 23.4 Å². The summed E-state index contributed by atoms with van der Waals surface area (Å²) in [4.78, 5) is 82.0. The number of rotatable bonds is 10. The van der Waals surface area contributed by atoms with Gasteiger partial charge in [0, 0.05) is 25.9 Å². The van der Waals surface area contributed by atoms with Crippen LogP contribution in [0.2, 0.25) is 0 Å². The summed E-state index contributed by atoms with van der Waals surface area (Å²) in [5, 5.41) is 8.27. The lowest BCUT2D eigenvalue weighted by molar-refractivity contribution is -0.154. The van der Waals surface area contributed by atoms with Gasteiger partial charge in [-0.1, -0.05) is 44.7 Å². The molecule has 0 aromatic heterocycles. The lowest BCUT2D eigenvalue weighted by Crippen LogP contribution is -2.58. The molecule has 2 aliphatic heterocycles. The minimum absolute atomic E-state index is 0.0650. The summed E-state index contributed by atoms with van der Waals surface area (Å²) in [5.41, 5.74) is -0.584. The second-order valence-corrected chi connectivity index (χ2v) is 15.9. The van der Waals surface area contributed by atoms with Gasteiger partial charge in [-0.15, -0.1) is 0 Å². The van der Waals surface area contributed by atoms with Crippen LogP contribution in [0, 0.1) is 5.92 Å². The van der Waals surface area contributed by atoms with Gasteiger partial charge in [0.05, 0.1) is 37.2 Å². The van der Waals surface area contributed by atoms with Gasteiger partial charge >= 0.3 is 5.97 Å². The Morgan fingerprint density at radius 2 is 1.83 bits per heavy atom. The van der Waals surface area contributed by atoms with Crippen LogP contribution in [0.3, 0.4) is 0 Å². The van der Waals surface area contributed by atoms with Crippen LogP contribution in [-0.4, -0.2) is 95.4 Å². The Bertz CT molecular complexity index is 1450. The zero-order chi connectivity index (χ0) is 38.1. The number of benzene rings is 1. The Kier molecular flexibility index (Phi) is 14.2. The summed E-state index contributed by atoms with van der Waals surface area (Å²) in [5.74, 6) is -2.96. The van der Waals surface area contributed by atoms with E-state index in [4.69, 9.17) is 14.2 Å². The van der Waals surface area contributed by atoms with Gasteiger partial charge in [-0.2, -0.15) is 0 Å². The van der Waals surface area contributed by atoms with Crippen LogP contribution in [-0.2, 0) is 44.7 Å². The number of ketones is 1. The fourth-order valence-electron chi connectivity index (χ4n) is 7.22. The van der Waals surface area contributed by atoms with E-state index in [1.165, 1.54) is 4.90 Å². The number of fused-ring (bicyclic) bond motifs is 4. The molecule has 2 unspecified atom stereocenters. The summed E-state index contributed by atoms with van der Waals surface area (Å²) in [6.45, 7) is 11.3. The van der Waals surface area contributed by atoms with Crippen molar-refractivity contribution in [2.45, 2.75) is 148 Å². The molecule has 1 aromatic carbocycles. The smallest absolute Gasteiger partial charge is 0.308 e. The minimum atomic E-state index is -1.14. The molecule has 4 atom stereocenters. The van der Waals surface area contributed by atoms with Crippen molar-refractivity contribution < 1.29 is 43.0 Å². The second kappa shape index (κ2) is 18.2. The van der Waals surface area contributed by atoms with Gasteiger partial charge in [0.25, 0.3) is 5.91 Å². The van der Waals surface area contributed by atoms with Crippen LogP contribution in [0.4, 0.5) is 0 Å². The van der Waals surface area contributed by atoms with Crippen molar-refractivity contribution in [2.24, 2.45) is 5.92 Å². The summed E-state index contributed by atoms with van der Waals surface area (Å²) in [6, 6.07) is 4.38. The number of hydrogen-bond donors (Lipinski definition) is 3. The average Bonchev–Trinajstić information content (AvgIpc) is 3.48. The SMILES string of the molecule is CCCC(NC(=O)C1C[C@@H]2CN1C(=O)[C@H](C1CCCCC1)NC(=O)Cc1cccc(c1)OCCC(C)(C)O2)C(=O)C(=O)NCCC(=O)OC(C)(C)C.